The van der Waals surface area contributed by atoms with Gasteiger partial charge >= 0.3 is 6.18 Å². The molecule has 2 saturated carbocycles. The molecule has 0 amide bonds. The molecule has 2 unspecified atom stereocenters. The van der Waals surface area contributed by atoms with Crippen LogP contribution in [0, 0.1) is 11.3 Å². The second-order valence-corrected chi connectivity index (χ2v) is 9.91. The van der Waals surface area contributed by atoms with Crippen LogP contribution in [0.3, 0.4) is 0 Å². The Morgan fingerprint density at radius 1 is 1.13 bits per heavy atom. The van der Waals surface area contributed by atoms with E-state index < -0.39 is 23.1 Å². The Morgan fingerprint density at radius 2 is 1.87 bits per heavy atom. The smallest absolute Gasteiger partial charge is 0.299 e. The molecule has 0 radical (unpaired) electrons. The zero-order valence-corrected chi connectivity index (χ0v) is 17.2. The van der Waals surface area contributed by atoms with Crippen LogP contribution in [0.5, 0.6) is 0 Å². The summed E-state index contributed by atoms with van der Waals surface area (Å²) in [4.78, 5) is 18.2. The summed E-state index contributed by atoms with van der Waals surface area (Å²) in [6, 6.07) is 5.42. The SMILES string of the molecule is CC1(C)CC(=O)C2C(=Nc3n[nH]c(C4CC4)c3C2(C)c2cccc(C(F)(F)F)c2)C1. The Labute approximate surface area is 173 Å². The van der Waals surface area contributed by atoms with Gasteiger partial charge in [-0.25, -0.2) is 4.99 Å². The maximum Gasteiger partial charge on any atom is 0.416 e. The normalized spacial score (nSPS) is 28.0. The van der Waals surface area contributed by atoms with Gasteiger partial charge in [0.1, 0.15) is 5.78 Å². The zero-order chi connectivity index (χ0) is 21.5. The summed E-state index contributed by atoms with van der Waals surface area (Å²) in [6.07, 6.45) is -1.42. The average molecular weight is 415 g/mol. The summed E-state index contributed by atoms with van der Waals surface area (Å²) in [6.45, 7) is 5.96. The van der Waals surface area contributed by atoms with E-state index in [1.807, 2.05) is 20.8 Å². The Bertz CT molecular complexity index is 1080. The van der Waals surface area contributed by atoms with Crippen LogP contribution >= 0.6 is 0 Å². The number of halogens is 3. The first kappa shape index (κ1) is 19.5. The molecule has 0 saturated heterocycles. The molecule has 7 heteroatoms. The topological polar surface area (TPSA) is 58.1 Å². The molecule has 30 heavy (non-hydrogen) atoms. The molecule has 1 N–H and O–H groups in total. The number of aromatic nitrogens is 2. The third kappa shape index (κ3) is 2.85. The van der Waals surface area contributed by atoms with Crippen molar-refractivity contribution in [2.24, 2.45) is 16.3 Å². The second kappa shape index (κ2) is 6.05. The number of carbonyl (C=O) groups is 1. The highest BCUT2D eigenvalue weighted by Gasteiger charge is 2.55. The molecular weight excluding hydrogens is 391 g/mol. The maximum atomic E-state index is 13.5. The summed E-state index contributed by atoms with van der Waals surface area (Å²) < 4.78 is 40.5. The summed E-state index contributed by atoms with van der Waals surface area (Å²) in [5.74, 6) is 0.293. The number of nitrogens with one attached hydrogen (secondary N) is 1. The van der Waals surface area contributed by atoms with Crippen LogP contribution in [0.1, 0.15) is 74.8 Å². The van der Waals surface area contributed by atoms with E-state index in [-0.39, 0.29) is 11.2 Å². The Morgan fingerprint density at radius 3 is 2.53 bits per heavy atom. The molecule has 158 valence electrons. The van der Waals surface area contributed by atoms with Crippen molar-refractivity contribution in [3.8, 4) is 0 Å². The summed E-state index contributed by atoms with van der Waals surface area (Å²) in [5.41, 5.74) is 1.08. The molecular formula is C23H24F3N3O. The van der Waals surface area contributed by atoms with Crippen molar-refractivity contribution in [3.63, 3.8) is 0 Å². The predicted molar refractivity (Wildman–Crippen MR) is 107 cm³/mol. The number of benzene rings is 1. The first-order valence-electron chi connectivity index (χ1n) is 10.4. The van der Waals surface area contributed by atoms with Gasteiger partial charge in [0.2, 0.25) is 0 Å². The van der Waals surface area contributed by atoms with Crippen LogP contribution in [0.4, 0.5) is 19.0 Å². The molecule has 1 aliphatic heterocycles. The lowest BCUT2D eigenvalue weighted by molar-refractivity contribution is -0.137. The van der Waals surface area contributed by atoms with E-state index in [2.05, 4.69) is 10.2 Å². The molecule has 4 nitrogen and oxygen atoms in total. The fourth-order valence-corrected chi connectivity index (χ4v) is 5.39. The van der Waals surface area contributed by atoms with Crippen molar-refractivity contribution in [2.75, 3.05) is 0 Å². The predicted octanol–water partition coefficient (Wildman–Crippen LogP) is 5.70. The number of hydrogen-bond donors (Lipinski definition) is 1. The average Bonchev–Trinajstić information content (AvgIpc) is 3.39. The number of aromatic amines is 1. The third-order valence-corrected chi connectivity index (χ3v) is 6.86. The first-order valence-corrected chi connectivity index (χ1v) is 10.4. The molecule has 1 aromatic carbocycles. The van der Waals surface area contributed by atoms with E-state index in [4.69, 9.17) is 4.99 Å². The van der Waals surface area contributed by atoms with Crippen LogP contribution in [-0.4, -0.2) is 21.7 Å². The Hall–Kier alpha value is -2.44. The van der Waals surface area contributed by atoms with Crippen LogP contribution in [-0.2, 0) is 16.4 Å². The number of Topliss-reactive ketones (excluding diaryl/α,β-unsaturated/α-hetero) is 1. The number of ketones is 1. The largest absolute Gasteiger partial charge is 0.416 e. The van der Waals surface area contributed by atoms with Crippen LogP contribution in [0.15, 0.2) is 29.3 Å². The highest BCUT2D eigenvalue weighted by Crippen LogP contribution is 2.56. The van der Waals surface area contributed by atoms with Crippen molar-refractivity contribution < 1.29 is 18.0 Å². The van der Waals surface area contributed by atoms with Gasteiger partial charge in [-0.2, -0.15) is 18.3 Å². The third-order valence-electron chi connectivity index (χ3n) is 6.86. The van der Waals surface area contributed by atoms with Crippen LogP contribution in [0.25, 0.3) is 0 Å². The molecule has 5 rings (SSSR count). The lowest BCUT2D eigenvalue weighted by Crippen LogP contribution is -2.50. The Kier molecular flexibility index (Phi) is 3.94. The minimum Gasteiger partial charge on any atom is -0.299 e. The number of alkyl halides is 3. The number of aliphatic imine (C=N–C) groups is 1. The van der Waals surface area contributed by atoms with Gasteiger partial charge in [-0.05, 0) is 36.3 Å². The van der Waals surface area contributed by atoms with E-state index in [0.29, 0.717) is 30.1 Å². The lowest BCUT2D eigenvalue weighted by atomic mass is 9.56. The fraction of sp³-hybridized carbons (Fsp3) is 0.522. The van der Waals surface area contributed by atoms with Crippen LogP contribution < -0.4 is 0 Å². The van der Waals surface area contributed by atoms with E-state index in [1.165, 1.54) is 12.1 Å². The van der Waals surface area contributed by atoms with Gasteiger partial charge in [-0.3, -0.25) is 9.89 Å². The lowest BCUT2D eigenvalue weighted by Gasteiger charge is -2.46. The maximum absolute atomic E-state index is 13.5. The summed E-state index contributed by atoms with van der Waals surface area (Å²) in [5, 5.41) is 7.53. The van der Waals surface area contributed by atoms with E-state index >= 15 is 0 Å². The number of fused-ring (bicyclic) bond motifs is 2. The molecule has 0 spiro atoms. The quantitative estimate of drug-likeness (QED) is 0.684. The summed E-state index contributed by atoms with van der Waals surface area (Å²) >= 11 is 0. The summed E-state index contributed by atoms with van der Waals surface area (Å²) in [7, 11) is 0. The molecule has 2 heterocycles. The highest BCUT2D eigenvalue weighted by molar-refractivity contribution is 6.11. The van der Waals surface area contributed by atoms with Gasteiger partial charge in [0.15, 0.2) is 5.82 Å². The van der Waals surface area contributed by atoms with Crippen molar-refractivity contribution in [1.29, 1.82) is 0 Å². The number of hydrogen-bond acceptors (Lipinski definition) is 3. The number of H-pyrrole nitrogens is 1. The van der Waals surface area contributed by atoms with Crippen molar-refractivity contribution >= 4 is 17.3 Å². The molecule has 3 aliphatic rings. The fourth-order valence-electron chi connectivity index (χ4n) is 5.39. The number of rotatable bonds is 2. The van der Waals surface area contributed by atoms with Gasteiger partial charge in [0.25, 0.3) is 0 Å². The van der Waals surface area contributed by atoms with E-state index in [0.717, 1.165) is 35.9 Å². The monoisotopic (exact) mass is 415 g/mol. The molecule has 2 fully saturated rings. The van der Waals surface area contributed by atoms with Gasteiger partial charge in [-0.1, -0.05) is 39.0 Å². The first-order chi connectivity index (χ1) is 14.0. The molecule has 1 aromatic heterocycles. The van der Waals surface area contributed by atoms with E-state index in [1.54, 1.807) is 6.07 Å². The number of carbonyl (C=O) groups excluding carboxylic acids is 1. The van der Waals surface area contributed by atoms with Crippen molar-refractivity contribution in [1.82, 2.24) is 10.2 Å². The number of nitrogens with zero attached hydrogens (tertiary/aromatic N) is 2. The van der Waals surface area contributed by atoms with Crippen molar-refractivity contribution in [2.45, 2.75) is 64.0 Å². The molecule has 2 atom stereocenters. The van der Waals surface area contributed by atoms with Gasteiger partial charge in [0, 0.05) is 34.7 Å². The molecule has 2 aliphatic carbocycles. The molecule has 0 bridgehead atoms. The van der Waals surface area contributed by atoms with Gasteiger partial charge in [0.05, 0.1) is 11.5 Å². The zero-order valence-electron chi connectivity index (χ0n) is 17.2. The van der Waals surface area contributed by atoms with Crippen LogP contribution in [0.2, 0.25) is 0 Å². The molecule has 2 aromatic rings. The van der Waals surface area contributed by atoms with Gasteiger partial charge < -0.3 is 0 Å². The minimum absolute atomic E-state index is 0.0403. The standard InChI is InChI=1S/C23H24F3N3O/c1-21(2)10-15-17(16(30)11-21)22(3,13-5-4-6-14(9-13)23(24,25)26)18-19(12-7-8-12)28-29-20(18)27-15/h4-6,9,12,17H,7-8,10-11H2,1-3H3,(H,28,29). The highest BCUT2D eigenvalue weighted by atomic mass is 19.4. The Balaban J connectivity index is 1.76. The van der Waals surface area contributed by atoms with Gasteiger partial charge in [-0.15, -0.1) is 0 Å². The van der Waals surface area contributed by atoms with E-state index in [9.17, 15) is 18.0 Å². The second-order valence-electron chi connectivity index (χ2n) is 9.91. The van der Waals surface area contributed by atoms with Crippen molar-refractivity contribution in [3.05, 3.63) is 46.6 Å². The minimum atomic E-state index is -4.45.